The average Bonchev–Trinajstić information content (AvgIpc) is 2.26. The van der Waals surface area contributed by atoms with Crippen molar-refractivity contribution in [3.63, 3.8) is 0 Å². The van der Waals surface area contributed by atoms with Crippen molar-refractivity contribution in [3.05, 3.63) is 11.3 Å². The Bertz CT molecular complexity index is 233. The molecule has 0 aromatic heterocycles. The summed E-state index contributed by atoms with van der Waals surface area (Å²) in [4.78, 5) is 0. The molecule has 2 atom stereocenters. The lowest BCUT2D eigenvalue weighted by Gasteiger charge is -2.39. The van der Waals surface area contributed by atoms with Gasteiger partial charge in [0.1, 0.15) is 6.10 Å². The van der Waals surface area contributed by atoms with E-state index in [-0.39, 0.29) is 0 Å². The lowest BCUT2D eigenvalue weighted by atomic mass is 9.79. The van der Waals surface area contributed by atoms with Crippen LogP contribution in [0.15, 0.2) is 11.3 Å². The maximum Gasteiger partial charge on any atom is 0.101 e. The van der Waals surface area contributed by atoms with E-state index in [0.29, 0.717) is 6.10 Å². The Morgan fingerprint density at radius 1 is 1.21 bits per heavy atom. The molecule has 2 aliphatic heterocycles. The maximum absolute atomic E-state index is 6.13. The Labute approximate surface area is 85.7 Å². The van der Waals surface area contributed by atoms with E-state index >= 15 is 0 Å². The summed E-state index contributed by atoms with van der Waals surface area (Å²) in [6, 6.07) is 0. The topological polar surface area (TPSA) is 21.3 Å². The van der Waals surface area contributed by atoms with E-state index in [1.807, 2.05) is 0 Å². The first-order chi connectivity index (χ1) is 6.93. The summed E-state index contributed by atoms with van der Waals surface area (Å²) in [7, 11) is 0. The lowest BCUT2D eigenvalue weighted by molar-refractivity contribution is 0.00848. The Kier molecular flexibility index (Phi) is 2.24. The van der Waals surface area contributed by atoms with E-state index in [9.17, 15) is 0 Å². The first-order valence-electron chi connectivity index (χ1n) is 6.02. The van der Waals surface area contributed by atoms with Gasteiger partial charge in [-0.3, -0.25) is 0 Å². The molecule has 0 aromatic rings. The summed E-state index contributed by atoms with van der Waals surface area (Å²) < 4.78 is 6.13. The molecule has 1 aliphatic carbocycles. The summed E-state index contributed by atoms with van der Waals surface area (Å²) in [6.07, 6.45) is 8.49. The molecule has 0 bridgehead atoms. The van der Waals surface area contributed by atoms with Crippen molar-refractivity contribution in [3.8, 4) is 0 Å². The highest BCUT2D eigenvalue weighted by molar-refractivity contribution is 5.18. The number of nitrogens with one attached hydrogen (secondary N) is 1. The summed E-state index contributed by atoms with van der Waals surface area (Å²) in [5.41, 5.74) is 1.57. The fourth-order valence-corrected chi connectivity index (χ4v) is 3.11. The number of hydrogen-bond acceptors (Lipinski definition) is 2. The van der Waals surface area contributed by atoms with Crippen molar-refractivity contribution < 1.29 is 4.74 Å². The molecule has 0 radical (unpaired) electrons. The van der Waals surface area contributed by atoms with E-state index in [4.69, 9.17) is 4.74 Å². The minimum absolute atomic E-state index is 0.570. The second-order valence-corrected chi connectivity index (χ2v) is 4.86. The molecule has 0 aromatic carbocycles. The third kappa shape index (κ3) is 1.46. The standard InChI is InChI=1S/C12H19NO/c1-2-4-11-9(3-1)7-10-8-13-6-5-12(10)14-11/h9,11,13H,1-8H2. The van der Waals surface area contributed by atoms with Crippen LogP contribution in [0.5, 0.6) is 0 Å². The third-order valence-corrected chi connectivity index (χ3v) is 3.90. The smallest absolute Gasteiger partial charge is 0.101 e. The summed E-state index contributed by atoms with van der Waals surface area (Å²) >= 11 is 0. The second kappa shape index (κ2) is 3.58. The summed E-state index contributed by atoms with van der Waals surface area (Å²) in [5, 5.41) is 3.44. The molecule has 3 rings (SSSR count). The highest BCUT2D eigenvalue weighted by atomic mass is 16.5. The SMILES string of the molecule is C1CCC2OC3=C(CNCC3)CC2C1. The van der Waals surface area contributed by atoms with Gasteiger partial charge in [0, 0.05) is 19.5 Å². The van der Waals surface area contributed by atoms with Crippen molar-refractivity contribution in [2.75, 3.05) is 13.1 Å². The van der Waals surface area contributed by atoms with Crippen LogP contribution in [0.4, 0.5) is 0 Å². The molecule has 2 heteroatoms. The zero-order valence-corrected chi connectivity index (χ0v) is 8.72. The molecule has 78 valence electrons. The van der Waals surface area contributed by atoms with Crippen LogP contribution in [0.25, 0.3) is 0 Å². The molecular formula is C12H19NO. The van der Waals surface area contributed by atoms with Gasteiger partial charge in [0.2, 0.25) is 0 Å². The van der Waals surface area contributed by atoms with Crippen LogP contribution in [0.3, 0.4) is 0 Å². The molecule has 1 fully saturated rings. The van der Waals surface area contributed by atoms with Crippen LogP contribution in [0.2, 0.25) is 0 Å². The average molecular weight is 193 g/mol. The van der Waals surface area contributed by atoms with Gasteiger partial charge in [-0.05, 0) is 37.2 Å². The zero-order valence-electron chi connectivity index (χ0n) is 8.72. The number of hydrogen-bond donors (Lipinski definition) is 1. The van der Waals surface area contributed by atoms with Gasteiger partial charge in [-0.1, -0.05) is 6.42 Å². The first-order valence-corrected chi connectivity index (χ1v) is 6.02. The lowest BCUT2D eigenvalue weighted by Crippen LogP contribution is -2.37. The number of fused-ring (bicyclic) bond motifs is 1. The first kappa shape index (κ1) is 8.78. The van der Waals surface area contributed by atoms with E-state index in [1.54, 1.807) is 5.57 Å². The van der Waals surface area contributed by atoms with Crippen LogP contribution in [0.1, 0.15) is 38.5 Å². The van der Waals surface area contributed by atoms with Gasteiger partial charge in [0.25, 0.3) is 0 Å². The fourth-order valence-electron chi connectivity index (χ4n) is 3.11. The number of ether oxygens (including phenoxy) is 1. The van der Waals surface area contributed by atoms with Crippen molar-refractivity contribution in [1.82, 2.24) is 5.32 Å². The predicted octanol–water partition coefficient (Wildman–Crippen LogP) is 2.21. The van der Waals surface area contributed by atoms with Gasteiger partial charge in [0.15, 0.2) is 0 Å². The largest absolute Gasteiger partial charge is 0.494 e. The Morgan fingerprint density at radius 3 is 3.14 bits per heavy atom. The van der Waals surface area contributed by atoms with Gasteiger partial charge < -0.3 is 10.1 Å². The molecule has 1 saturated carbocycles. The molecular weight excluding hydrogens is 174 g/mol. The van der Waals surface area contributed by atoms with Gasteiger partial charge in [0.05, 0.1) is 5.76 Å². The Hall–Kier alpha value is -0.500. The van der Waals surface area contributed by atoms with Crippen LogP contribution >= 0.6 is 0 Å². The molecule has 2 nitrogen and oxygen atoms in total. The van der Waals surface area contributed by atoms with Crippen LogP contribution in [0, 0.1) is 5.92 Å². The van der Waals surface area contributed by atoms with Crippen LogP contribution in [-0.4, -0.2) is 19.2 Å². The summed E-state index contributed by atoms with van der Waals surface area (Å²) in [5.74, 6) is 2.18. The van der Waals surface area contributed by atoms with Crippen molar-refractivity contribution in [1.29, 1.82) is 0 Å². The van der Waals surface area contributed by atoms with Crippen molar-refractivity contribution in [2.24, 2.45) is 5.92 Å². The van der Waals surface area contributed by atoms with Crippen molar-refractivity contribution in [2.45, 2.75) is 44.6 Å². The molecule has 0 saturated heterocycles. The van der Waals surface area contributed by atoms with E-state index < -0.39 is 0 Å². The molecule has 14 heavy (non-hydrogen) atoms. The molecule has 0 amide bonds. The molecule has 2 unspecified atom stereocenters. The fraction of sp³-hybridized carbons (Fsp3) is 0.833. The third-order valence-electron chi connectivity index (χ3n) is 3.90. The zero-order chi connectivity index (χ0) is 9.38. The molecule has 0 spiro atoms. The quantitative estimate of drug-likeness (QED) is 0.637. The minimum Gasteiger partial charge on any atom is -0.494 e. The highest BCUT2D eigenvalue weighted by Crippen LogP contribution is 2.39. The van der Waals surface area contributed by atoms with Crippen LogP contribution < -0.4 is 5.32 Å². The number of rotatable bonds is 0. The Morgan fingerprint density at radius 2 is 2.14 bits per heavy atom. The monoisotopic (exact) mass is 193 g/mol. The van der Waals surface area contributed by atoms with Gasteiger partial charge in [-0.15, -0.1) is 0 Å². The molecule has 1 N–H and O–H groups in total. The second-order valence-electron chi connectivity index (χ2n) is 4.86. The highest BCUT2D eigenvalue weighted by Gasteiger charge is 2.33. The van der Waals surface area contributed by atoms with Gasteiger partial charge >= 0.3 is 0 Å². The normalized spacial score (nSPS) is 37.1. The van der Waals surface area contributed by atoms with E-state index in [1.165, 1.54) is 37.9 Å². The van der Waals surface area contributed by atoms with E-state index in [0.717, 1.165) is 25.4 Å². The molecule has 3 aliphatic rings. The van der Waals surface area contributed by atoms with Gasteiger partial charge in [-0.2, -0.15) is 0 Å². The molecule has 2 heterocycles. The van der Waals surface area contributed by atoms with Crippen molar-refractivity contribution >= 4 is 0 Å². The Balaban J connectivity index is 1.79. The predicted molar refractivity (Wildman–Crippen MR) is 56.0 cm³/mol. The van der Waals surface area contributed by atoms with Gasteiger partial charge in [-0.25, -0.2) is 0 Å². The summed E-state index contributed by atoms with van der Waals surface area (Å²) in [6.45, 7) is 2.19. The van der Waals surface area contributed by atoms with Crippen LogP contribution in [-0.2, 0) is 4.74 Å². The minimum atomic E-state index is 0.570. The maximum atomic E-state index is 6.13. The van der Waals surface area contributed by atoms with E-state index in [2.05, 4.69) is 5.32 Å².